The van der Waals surface area contributed by atoms with E-state index in [1.807, 2.05) is 0 Å². The molecule has 1 aromatic rings. The summed E-state index contributed by atoms with van der Waals surface area (Å²) in [4.78, 5) is 3.90. The van der Waals surface area contributed by atoms with Crippen LogP contribution in [0, 0.1) is 0 Å². The molecule has 0 fully saturated rings. The van der Waals surface area contributed by atoms with Gasteiger partial charge < -0.3 is 5.73 Å². The second-order valence-electron chi connectivity index (χ2n) is 2.16. The average Bonchev–Trinajstić information content (AvgIpc) is 2.04. The molecule has 0 saturated carbocycles. The second kappa shape index (κ2) is 3.51. The fourth-order valence-electron chi connectivity index (χ4n) is 0.762. The molecule has 3 heteroatoms. The van der Waals surface area contributed by atoms with E-state index >= 15 is 0 Å². The minimum Gasteiger partial charge on any atom is -0.321 e. The number of halogens is 1. The van der Waals surface area contributed by atoms with Crippen LogP contribution in [0.15, 0.2) is 31.1 Å². The molecule has 11 heavy (non-hydrogen) atoms. The van der Waals surface area contributed by atoms with Gasteiger partial charge in [0.1, 0.15) is 0 Å². The van der Waals surface area contributed by atoms with Gasteiger partial charge in [-0.05, 0) is 6.07 Å². The van der Waals surface area contributed by atoms with E-state index in [9.17, 15) is 0 Å². The number of aromatic nitrogens is 1. The third-order valence-electron chi connectivity index (χ3n) is 1.41. The van der Waals surface area contributed by atoms with Crippen LogP contribution < -0.4 is 5.73 Å². The van der Waals surface area contributed by atoms with E-state index in [1.54, 1.807) is 24.5 Å². The summed E-state index contributed by atoms with van der Waals surface area (Å²) in [6.45, 7) is 3.57. The van der Waals surface area contributed by atoms with E-state index in [-0.39, 0.29) is 6.04 Å². The Hall–Kier alpha value is -0.860. The Morgan fingerprint density at radius 3 is 3.00 bits per heavy atom. The molecule has 1 heterocycles. The zero-order valence-electron chi connectivity index (χ0n) is 6.00. The highest BCUT2D eigenvalue weighted by Crippen LogP contribution is 2.19. The smallest absolute Gasteiger partial charge is 0.0508 e. The predicted molar refractivity (Wildman–Crippen MR) is 46.4 cm³/mol. The molecule has 0 aliphatic carbocycles. The van der Waals surface area contributed by atoms with Crippen LogP contribution in [0.1, 0.15) is 11.6 Å². The Bertz CT molecular complexity index is 260. The molecule has 0 aliphatic heterocycles. The fraction of sp³-hybridized carbons (Fsp3) is 0.125. The molecule has 2 N–H and O–H groups in total. The molecule has 0 amide bonds. The third kappa shape index (κ3) is 1.79. The monoisotopic (exact) mass is 168 g/mol. The van der Waals surface area contributed by atoms with Gasteiger partial charge in [-0.2, -0.15) is 0 Å². The first-order valence-corrected chi connectivity index (χ1v) is 3.61. The lowest BCUT2D eigenvalue weighted by Crippen LogP contribution is -2.07. The van der Waals surface area contributed by atoms with E-state index in [2.05, 4.69) is 11.6 Å². The maximum absolute atomic E-state index is 5.83. The van der Waals surface area contributed by atoms with Crippen molar-refractivity contribution in [1.29, 1.82) is 0 Å². The maximum atomic E-state index is 5.83. The highest BCUT2D eigenvalue weighted by Gasteiger charge is 2.04. The molecule has 0 saturated heterocycles. The Morgan fingerprint density at radius 1 is 1.73 bits per heavy atom. The molecule has 1 aromatic heterocycles. The summed E-state index contributed by atoms with van der Waals surface area (Å²) < 4.78 is 0. The van der Waals surface area contributed by atoms with Gasteiger partial charge >= 0.3 is 0 Å². The summed E-state index contributed by atoms with van der Waals surface area (Å²) in [5.41, 5.74) is 6.46. The van der Waals surface area contributed by atoms with Crippen molar-refractivity contribution in [3.63, 3.8) is 0 Å². The van der Waals surface area contributed by atoms with Crippen LogP contribution in [0.2, 0.25) is 5.02 Å². The van der Waals surface area contributed by atoms with Gasteiger partial charge in [-0.3, -0.25) is 4.98 Å². The van der Waals surface area contributed by atoms with Gasteiger partial charge in [0.05, 0.1) is 6.04 Å². The number of nitrogens with zero attached hydrogens (tertiary/aromatic N) is 1. The van der Waals surface area contributed by atoms with Crippen molar-refractivity contribution in [2.45, 2.75) is 6.04 Å². The normalized spacial score (nSPS) is 12.5. The molecule has 2 nitrogen and oxygen atoms in total. The first kappa shape index (κ1) is 8.24. The number of rotatable bonds is 2. The van der Waals surface area contributed by atoms with E-state index < -0.39 is 0 Å². The number of pyridine rings is 1. The lowest BCUT2D eigenvalue weighted by Gasteiger charge is -2.06. The molecule has 0 bridgehead atoms. The van der Waals surface area contributed by atoms with Crippen LogP contribution in [0.4, 0.5) is 0 Å². The lowest BCUT2D eigenvalue weighted by atomic mass is 10.1. The van der Waals surface area contributed by atoms with Crippen LogP contribution >= 0.6 is 11.6 Å². The quantitative estimate of drug-likeness (QED) is 0.686. The minimum absolute atomic E-state index is 0.226. The van der Waals surface area contributed by atoms with Gasteiger partial charge in [0.25, 0.3) is 0 Å². The van der Waals surface area contributed by atoms with E-state index in [0.717, 1.165) is 5.56 Å². The second-order valence-corrected chi connectivity index (χ2v) is 2.57. The molecule has 0 spiro atoms. The van der Waals surface area contributed by atoms with Crippen molar-refractivity contribution < 1.29 is 0 Å². The summed E-state index contributed by atoms with van der Waals surface area (Å²) in [6.07, 6.45) is 4.90. The summed E-state index contributed by atoms with van der Waals surface area (Å²) >= 11 is 5.83. The van der Waals surface area contributed by atoms with Crippen LogP contribution in [-0.2, 0) is 0 Å². The average molecular weight is 169 g/mol. The van der Waals surface area contributed by atoms with Crippen molar-refractivity contribution in [2.24, 2.45) is 5.73 Å². The number of hydrogen-bond donors (Lipinski definition) is 1. The standard InChI is InChI=1S/C8H9ClN2/c1-2-8(10)6-5-11-4-3-7(6)9/h2-5,8H,1,10H2. The molecule has 58 valence electrons. The fourth-order valence-corrected chi connectivity index (χ4v) is 0.993. The molecular weight excluding hydrogens is 160 g/mol. The molecule has 0 aromatic carbocycles. The van der Waals surface area contributed by atoms with Crippen LogP contribution in [0.5, 0.6) is 0 Å². The third-order valence-corrected chi connectivity index (χ3v) is 1.75. The molecule has 1 rings (SSSR count). The van der Waals surface area contributed by atoms with Gasteiger partial charge in [-0.1, -0.05) is 17.7 Å². The summed E-state index contributed by atoms with van der Waals surface area (Å²) in [5.74, 6) is 0. The lowest BCUT2D eigenvalue weighted by molar-refractivity contribution is 0.904. The summed E-state index contributed by atoms with van der Waals surface area (Å²) in [6, 6.07) is 1.48. The Balaban J connectivity index is 3.02. The molecule has 1 atom stereocenters. The first-order valence-electron chi connectivity index (χ1n) is 3.23. The van der Waals surface area contributed by atoms with Gasteiger partial charge in [-0.25, -0.2) is 0 Å². The zero-order valence-corrected chi connectivity index (χ0v) is 6.75. The Morgan fingerprint density at radius 2 is 2.45 bits per heavy atom. The van der Waals surface area contributed by atoms with Gasteiger partial charge in [0, 0.05) is 23.0 Å². The summed E-state index contributed by atoms with van der Waals surface area (Å²) in [7, 11) is 0. The molecule has 0 radical (unpaired) electrons. The van der Waals surface area contributed by atoms with Crippen molar-refractivity contribution in [2.75, 3.05) is 0 Å². The van der Waals surface area contributed by atoms with Gasteiger partial charge in [0.15, 0.2) is 0 Å². The highest BCUT2D eigenvalue weighted by molar-refractivity contribution is 6.31. The van der Waals surface area contributed by atoms with Gasteiger partial charge in [-0.15, -0.1) is 6.58 Å². The molecule has 0 aliphatic rings. The topological polar surface area (TPSA) is 38.9 Å². The van der Waals surface area contributed by atoms with Crippen LogP contribution in [0.25, 0.3) is 0 Å². The van der Waals surface area contributed by atoms with Crippen LogP contribution in [-0.4, -0.2) is 4.98 Å². The molecule has 1 unspecified atom stereocenters. The Kier molecular flexibility index (Phi) is 2.63. The van der Waals surface area contributed by atoms with Crippen molar-refractivity contribution in [1.82, 2.24) is 4.98 Å². The molecular formula is C8H9ClN2. The highest BCUT2D eigenvalue weighted by atomic mass is 35.5. The van der Waals surface area contributed by atoms with Crippen molar-refractivity contribution in [3.8, 4) is 0 Å². The Labute approximate surface area is 70.7 Å². The van der Waals surface area contributed by atoms with E-state index in [4.69, 9.17) is 17.3 Å². The summed E-state index contributed by atoms with van der Waals surface area (Å²) in [5, 5.41) is 0.632. The number of hydrogen-bond acceptors (Lipinski definition) is 2. The largest absolute Gasteiger partial charge is 0.321 e. The number of nitrogens with two attached hydrogens (primary N) is 1. The predicted octanol–water partition coefficient (Wildman–Crippen LogP) is 1.92. The zero-order chi connectivity index (χ0) is 8.27. The first-order chi connectivity index (χ1) is 5.25. The van der Waals surface area contributed by atoms with Crippen molar-refractivity contribution >= 4 is 11.6 Å². The van der Waals surface area contributed by atoms with Crippen LogP contribution in [0.3, 0.4) is 0 Å². The van der Waals surface area contributed by atoms with E-state index in [1.165, 1.54) is 0 Å². The SMILES string of the molecule is C=CC(N)c1cnccc1Cl. The van der Waals surface area contributed by atoms with E-state index in [0.29, 0.717) is 5.02 Å². The van der Waals surface area contributed by atoms with Crippen molar-refractivity contribution in [3.05, 3.63) is 41.7 Å². The minimum atomic E-state index is -0.226. The maximum Gasteiger partial charge on any atom is 0.0508 e. The van der Waals surface area contributed by atoms with Gasteiger partial charge in [0.2, 0.25) is 0 Å².